The third-order valence-corrected chi connectivity index (χ3v) is 3.51. The molecule has 0 saturated carbocycles. The molecule has 1 aliphatic rings. The zero-order valence-corrected chi connectivity index (χ0v) is 13.3. The zero-order valence-electron chi connectivity index (χ0n) is 13.3. The van der Waals surface area contributed by atoms with Gasteiger partial charge in [0.1, 0.15) is 11.4 Å². The van der Waals surface area contributed by atoms with Crippen LogP contribution in [0, 0.1) is 0 Å². The Morgan fingerprint density at radius 2 is 2.19 bits per heavy atom. The summed E-state index contributed by atoms with van der Waals surface area (Å²) in [4.78, 5) is 4.27. The summed E-state index contributed by atoms with van der Waals surface area (Å²) in [5, 5.41) is 6.73. The highest BCUT2D eigenvalue weighted by molar-refractivity contribution is 5.80. The van der Waals surface area contributed by atoms with E-state index < -0.39 is 0 Å². The Bertz CT molecular complexity index is 500. The summed E-state index contributed by atoms with van der Waals surface area (Å²) < 4.78 is 11.1. The Hall–Kier alpha value is -1.75. The van der Waals surface area contributed by atoms with Gasteiger partial charge < -0.3 is 20.1 Å². The van der Waals surface area contributed by atoms with Crippen molar-refractivity contribution in [3.8, 4) is 5.75 Å². The molecule has 0 bridgehead atoms. The maximum Gasteiger partial charge on any atom is 0.191 e. The first-order chi connectivity index (χ1) is 10.1. The van der Waals surface area contributed by atoms with E-state index in [2.05, 4.69) is 35.5 Å². The summed E-state index contributed by atoms with van der Waals surface area (Å²) in [5.74, 6) is 1.73. The van der Waals surface area contributed by atoms with E-state index in [1.165, 1.54) is 5.56 Å². The SMILES string of the molecule is CN=C(NCCOC)NC1CC(C)(C)Oc2ccccc21. The number of aliphatic imine (C=N–C) groups is 1. The van der Waals surface area contributed by atoms with Crippen LogP contribution in [0.4, 0.5) is 0 Å². The molecule has 0 spiro atoms. The van der Waals surface area contributed by atoms with Crippen LogP contribution < -0.4 is 15.4 Å². The van der Waals surface area contributed by atoms with E-state index in [9.17, 15) is 0 Å². The lowest BCUT2D eigenvalue weighted by atomic mass is 9.90. The van der Waals surface area contributed by atoms with Crippen molar-refractivity contribution in [2.24, 2.45) is 4.99 Å². The van der Waals surface area contributed by atoms with Crippen LogP contribution in [-0.4, -0.2) is 38.9 Å². The van der Waals surface area contributed by atoms with Crippen molar-refractivity contribution in [3.05, 3.63) is 29.8 Å². The van der Waals surface area contributed by atoms with Crippen molar-refractivity contribution in [3.63, 3.8) is 0 Å². The average Bonchev–Trinajstić information content (AvgIpc) is 2.45. The van der Waals surface area contributed by atoms with E-state index in [1.807, 2.05) is 18.2 Å². The molecule has 2 rings (SSSR count). The van der Waals surface area contributed by atoms with Crippen LogP contribution in [0.1, 0.15) is 31.9 Å². The lowest BCUT2D eigenvalue weighted by Gasteiger charge is -2.38. The van der Waals surface area contributed by atoms with Gasteiger partial charge in [-0.1, -0.05) is 18.2 Å². The normalized spacial score (nSPS) is 20.4. The van der Waals surface area contributed by atoms with E-state index >= 15 is 0 Å². The number of para-hydroxylation sites is 1. The number of ether oxygens (including phenoxy) is 2. The predicted molar refractivity (Wildman–Crippen MR) is 84.9 cm³/mol. The van der Waals surface area contributed by atoms with Crippen molar-refractivity contribution in [2.75, 3.05) is 27.3 Å². The molecule has 0 aromatic heterocycles. The summed E-state index contributed by atoms with van der Waals surface area (Å²) in [6.45, 7) is 5.60. The second kappa shape index (κ2) is 6.80. The lowest BCUT2D eigenvalue weighted by molar-refractivity contribution is 0.0694. The fourth-order valence-electron chi connectivity index (χ4n) is 2.56. The van der Waals surface area contributed by atoms with Crippen LogP contribution in [0.25, 0.3) is 0 Å². The third kappa shape index (κ3) is 4.11. The molecule has 1 aromatic carbocycles. The molecule has 116 valence electrons. The van der Waals surface area contributed by atoms with Gasteiger partial charge in [-0.3, -0.25) is 4.99 Å². The first kappa shape index (κ1) is 15.6. The maximum absolute atomic E-state index is 6.04. The molecule has 0 aliphatic carbocycles. The van der Waals surface area contributed by atoms with Crippen molar-refractivity contribution >= 4 is 5.96 Å². The number of rotatable bonds is 4. The smallest absolute Gasteiger partial charge is 0.191 e. The molecule has 2 N–H and O–H groups in total. The minimum absolute atomic E-state index is 0.179. The molecule has 0 radical (unpaired) electrons. The molecule has 0 amide bonds. The van der Waals surface area contributed by atoms with Crippen molar-refractivity contribution in [1.29, 1.82) is 0 Å². The number of nitrogens with zero attached hydrogens (tertiary/aromatic N) is 1. The number of hydrogen-bond acceptors (Lipinski definition) is 3. The van der Waals surface area contributed by atoms with Gasteiger partial charge in [-0.2, -0.15) is 0 Å². The number of benzene rings is 1. The highest BCUT2D eigenvalue weighted by Crippen LogP contribution is 2.39. The number of fused-ring (bicyclic) bond motifs is 1. The van der Waals surface area contributed by atoms with Gasteiger partial charge in [0.05, 0.1) is 12.6 Å². The number of hydrogen-bond donors (Lipinski definition) is 2. The van der Waals surface area contributed by atoms with Gasteiger partial charge in [-0.15, -0.1) is 0 Å². The quantitative estimate of drug-likeness (QED) is 0.507. The van der Waals surface area contributed by atoms with Crippen LogP contribution >= 0.6 is 0 Å². The second-order valence-corrected chi connectivity index (χ2v) is 5.79. The number of nitrogens with one attached hydrogen (secondary N) is 2. The van der Waals surface area contributed by atoms with Crippen LogP contribution in [0.5, 0.6) is 5.75 Å². The van der Waals surface area contributed by atoms with Gasteiger partial charge in [0, 0.05) is 32.7 Å². The minimum atomic E-state index is -0.197. The molecule has 1 aromatic rings. The van der Waals surface area contributed by atoms with Gasteiger partial charge in [0.15, 0.2) is 5.96 Å². The summed E-state index contributed by atoms with van der Waals surface area (Å²) >= 11 is 0. The van der Waals surface area contributed by atoms with E-state index in [1.54, 1.807) is 14.2 Å². The topological polar surface area (TPSA) is 54.9 Å². The van der Waals surface area contributed by atoms with Crippen molar-refractivity contribution in [1.82, 2.24) is 10.6 Å². The third-order valence-electron chi connectivity index (χ3n) is 3.51. The summed E-state index contributed by atoms with van der Waals surface area (Å²) in [7, 11) is 3.47. The maximum atomic E-state index is 6.04. The molecule has 1 unspecified atom stereocenters. The Labute approximate surface area is 126 Å². The average molecular weight is 291 g/mol. The molecule has 5 nitrogen and oxygen atoms in total. The standard InChI is InChI=1S/C16H25N3O2/c1-16(2)11-13(12-7-5-6-8-14(12)21-16)19-15(17-3)18-9-10-20-4/h5-8,13H,9-11H2,1-4H3,(H2,17,18,19). The fraction of sp³-hybridized carbons (Fsp3) is 0.562. The molecule has 21 heavy (non-hydrogen) atoms. The van der Waals surface area contributed by atoms with Crippen molar-refractivity contribution < 1.29 is 9.47 Å². The first-order valence-corrected chi connectivity index (χ1v) is 7.30. The molecule has 1 heterocycles. The van der Waals surface area contributed by atoms with Gasteiger partial charge >= 0.3 is 0 Å². The van der Waals surface area contributed by atoms with Crippen LogP contribution in [0.3, 0.4) is 0 Å². The van der Waals surface area contributed by atoms with Gasteiger partial charge in [-0.05, 0) is 19.9 Å². The van der Waals surface area contributed by atoms with E-state index in [0.717, 1.165) is 24.7 Å². The van der Waals surface area contributed by atoms with E-state index in [4.69, 9.17) is 9.47 Å². The minimum Gasteiger partial charge on any atom is -0.487 e. The summed E-state index contributed by atoms with van der Waals surface area (Å²) in [6.07, 6.45) is 0.884. The Morgan fingerprint density at radius 3 is 2.90 bits per heavy atom. The van der Waals surface area contributed by atoms with Gasteiger partial charge in [0.25, 0.3) is 0 Å². The van der Waals surface area contributed by atoms with E-state index in [-0.39, 0.29) is 11.6 Å². The van der Waals surface area contributed by atoms with Crippen LogP contribution in [0.2, 0.25) is 0 Å². The predicted octanol–water partition coefficient (Wildman–Crippen LogP) is 2.10. The van der Waals surface area contributed by atoms with Crippen LogP contribution in [0.15, 0.2) is 29.3 Å². The monoisotopic (exact) mass is 291 g/mol. The first-order valence-electron chi connectivity index (χ1n) is 7.30. The molecule has 5 heteroatoms. The molecule has 1 atom stereocenters. The Morgan fingerprint density at radius 1 is 1.43 bits per heavy atom. The fourth-order valence-corrected chi connectivity index (χ4v) is 2.56. The lowest BCUT2D eigenvalue weighted by Crippen LogP contribution is -2.45. The Kier molecular flexibility index (Phi) is 5.07. The second-order valence-electron chi connectivity index (χ2n) is 5.79. The molecular formula is C16H25N3O2. The van der Waals surface area contributed by atoms with Crippen molar-refractivity contribution in [2.45, 2.75) is 31.9 Å². The molecule has 1 aliphatic heterocycles. The highest BCUT2D eigenvalue weighted by atomic mass is 16.5. The molecular weight excluding hydrogens is 266 g/mol. The number of methoxy groups -OCH3 is 1. The van der Waals surface area contributed by atoms with E-state index in [0.29, 0.717) is 6.61 Å². The van der Waals surface area contributed by atoms with Gasteiger partial charge in [0.2, 0.25) is 0 Å². The summed E-state index contributed by atoms with van der Waals surface area (Å²) in [6, 6.07) is 8.34. The van der Waals surface area contributed by atoms with Crippen LogP contribution in [-0.2, 0) is 4.74 Å². The largest absolute Gasteiger partial charge is 0.487 e. The molecule has 0 fully saturated rings. The molecule has 0 saturated heterocycles. The van der Waals surface area contributed by atoms with Gasteiger partial charge in [-0.25, -0.2) is 0 Å². The zero-order chi connectivity index (χ0) is 15.3. The number of guanidine groups is 1. The summed E-state index contributed by atoms with van der Waals surface area (Å²) in [5.41, 5.74) is 0.976. The highest BCUT2D eigenvalue weighted by Gasteiger charge is 2.33. The Balaban J connectivity index is 2.11.